The number of hydrogen-bond donors (Lipinski definition) is 1. The molecule has 0 heterocycles. The number of hydrogen-bond acceptors (Lipinski definition) is 1. The molecule has 0 saturated carbocycles. The predicted octanol–water partition coefficient (Wildman–Crippen LogP) is 4.68. The summed E-state index contributed by atoms with van der Waals surface area (Å²) < 4.78 is 1.13. The highest BCUT2D eigenvalue weighted by molar-refractivity contribution is 9.10. The number of aryl methyl sites for hydroxylation is 3. The molecule has 1 atom stereocenters. The molecule has 0 saturated heterocycles. The summed E-state index contributed by atoms with van der Waals surface area (Å²) in [6.07, 6.45) is 0. The first-order valence-electron chi connectivity index (χ1n) is 6.53. The minimum atomic E-state index is 0.242. The van der Waals surface area contributed by atoms with Crippen LogP contribution in [0.5, 0.6) is 0 Å². The Labute approximate surface area is 124 Å². The highest BCUT2D eigenvalue weighted by Crippen LogP contribution is 2.28. The SMILES string of the molecule is CNC(c1cc(C)cc(C)c1)c1ccc(Br)cc1C. The summed E-state index contributed by atoms with van der Waals surface area (Å²) in [6.45, 7) is 6.46. The third-order valence-electron chi connectivity index (χ3n) is 3.41. The monoisotopic (exact) mass is 317 g/mol. The van der Waals surface area contributed by atoms with Crippen LogP contribution in [0.25, 0.3) is 0 Å². The van der Waals surface area contributed by atoms with Crippen molar-refractivity contribution in [2.45, 2.75) is 26.8 Å². The molecule has 0 bridgehead atoms. The van der Waals surface area contributed by atoms with Crippen molar-refractivity contribution in [2.24, 2.45) is 0 Å². The lowest BCUT2D eigenvalue weighted by atomic mass is 9.93. The molecule has 100 valence electrons. The van der Waals surface area contributed by atoms with E-state index in [1.54, 1.807) is 0 Å². The van der Waals surface area contributed by atoms with Gasteiger partial charge in [-0.3, -0.25) is 0 Å². The molecule has 19 heavy (non-hydrogen) atoms. The summed E-state index contributed by atoms with van der Waals surface area (Å²) in [5.74, 6) is 0. The topological polar surface area (TPSA) is 12.0 Å². The summed E-state index contributed by atoms with van der Waals surface area (Å²) in [5, 5.41) is 3.43. The Hall–Kier alpha value is -1.12. The van der Waals surface area contributed by atoms with Crippen LogP contribution in [0.15, 0.2) is 40.9 Å². The van der Waals surface area contributed by atoms with Crippen molar-refractivity contribution in [2.75, 3.05) is 7.05 Å². The van der Waals surface area contributed by atoms with E-state index >= 15 is 0 Å². The normalized spacial score (nSPS) is 12.5. The van der Waals surface area contributed by atoms with E-state index in [0.717, 1.165) is 4.47 Å². The van der Waals surface area contributed by atoms with E-state index in [4.69, 9.17) is 0 Å². The molecule has 1 nitrogen and oxygen atoms in total. The van der Waals surface area contributed by atoms with Gasteiger partial charge in [0.15, 0.2) is 0 Å². The first-order valence-corrected chi connectivity index (χ1v) is 7.32. The van der Waals surface area contributed by atoms with Crippen molar-refractivity contribution in [3.8, 4) is 0 Å². The van der Waals surface area contributed by atoms with Gasteiger partial charge in [-0.1, -0.05) is 51.3 Å². The van der Waals surface area contributed by atoms with Gasteiger partial charge >= 0.3 is 0 Å². The average molecular weight is 318 g/mol. The highest BCUT2D eigenvalue weighted by Gasteiger charge is 2.14. The van der Waals surface area contributed by atoms with Gasteiger partial charge in [0.2, 0.25) is 0 Å². The Morgan fingerprint density at radius 1 is 0.947 bits per heavy atom. The zero-order valence-electron chi connectivity index (χ0n) is 11.9. The van der Waals surface area contributed by atoms with E-state index in [2.05, 4.69) is 78.4 Å². The molecule has 1 unspecified atom stereocenters. The van der Waals surface area contributed by atoms with Gasteiger partial charge in [0.05, 0.1) is 6.04 Å². The lowest BCUT2D eigenvalue weighted by Gasteiger charge is -2.20. The maximum Gasteiger partial charge on any atom is 0.0577 e. The van der Waals surface area contributed by atoms with Crippen LogP contribution in [-0.2, 0) is 0 Å². The lowest BCUT2D eigenvalue weighted by Crippen LogP contribution is -2.19. The maximum atomic E-state index is 3.53. The largest absolute Gasteiger partial charge is 0.309 e. The first-order chi connectivity index (χ1) is 9.01. The molecule has 0 aliphatic rings. The van der Waals surface area contributed by atoms with Crippen molar-refractivity contribution in [3.63, 3.8) is 0 Å². The van der Waals surface area contributed by atoms with E-state index < -0.39 is 0 Å². The van der Waals surface area contributed by atoms with Crippen LogP contribution in [-0.4, -0.2) is 7.05 Å². The Balaban J connectivity index is 2.49. The Bertz CT molecular complexity index is 570. The smallest absolute Gasteiger partial charge is 0.0577 e. The molecule has 2 aromatic carbocycles. The molecule has 0 amide bonds. The summed E-state index contributed by atoms with van der Waals surface area (Å²) in [4.78, 5) is 0. The fourth-order valence-corrected chi connectivity index (χ4v) is 3.12. The van der Waals surface area contributed by atoms with Crippen molar-refractivity contribution in [1.82, 2.24) is 5.32 Å². The summed E-state index contributed by atoms with van der Waals surface area (Å²) in [5.41, 5.74) is 6.57. The third kappa shape index (κ3) is 3.26. The molecule has 0 aliphatic carbocycles. The van der Waals surface area contributed by atoms with Crippen LogP contribution in [0.2, 0.25) is 0 Å². The van der Waals surface area contributed by atoms with Gasteiger partial charge in [-0.25, -0.2) is 0 Å². The summed E-state index contributed by atoms with van der Waals surface area (Å²) >= 11 is 3.53. The van der Waals surface area contributed by atoms with Gasteiger partial charge < -0.3 is 5.32 Å². The second kappa shape index (κ2) is 5.89. The zero-order valence-corrected chi connectivity index (χ0v) is 13.5. The lowest BCUT2D eigenvalue weighted by molar-refractivity contribution is 0.686. The molecule has 0 radical (unpaired) electrons. The molecule has 2 rings (SSSR count). The Kier molecular flexibility index (Phi) is 4.43. The van der Waals surface area contributed by atoms with E-state index in [9.17, 15) is 0 Å². The molecular weight excluding hydrogens is 298 g/mol. The predicted molar refractivity (Wildman–Crippen MR) is 85.7 cm³/mol. The van der Waals surface area contributed by atoms with Crippen LogP contribution in [0, 0.1) is 20.8 Å². The third-order valence-corrected chi connectivity index (χ3v) is 3.90. The van der Waals surface area contributed by atoms with Crippen LogP contribution in [0.1, 0.15) is 33.9 Å². The Morgan fingerprint density at radius 3 is 2.11 bits per heavy atom. The van der Waals surface area contributed by atoms with Crippen LogP contribution >= 0.6 is 15.9 Å². The fourth-order valence-electron chi connectivity index (χ4n) is 2.64. The minimum Gasteiger partial charge on any atom is -0.309 e. The van der Waals surface area contributed by atoms with Gasteiger partial charge in [-0.15, -0.1) is 0 Å². The van der Waals surface area contributed by atoms with Crippen molar-refractivity contribution in [1.29, 1.82) is 0 Å². The maximum absolute atomic E-state index is 3.53. The summed E-state index contributed by atoms with van der Waals surface area (Å²) in [6, 6.07) is 13.4. The average Bonchev–Trinajstić information content (AvgIpc) is 2.31. The molecular formula is C17H20BrN. The number of rotatable bonds is 3. The van der Waals surface area contributed by atoms with E-state index in [0.29, 0.717) is 0 Å². The fraction of sp³-hybridized carbons (Fsp3) is 0.294. The minimum absolute atomic E-state index is 0.242. The van der Waals surface area contributed by atoms with E-state index in [-0.39, 0.29) is 6.04 Å². The number of benzene rings is 2. The van der Waals surface area contributed by atoms with Crippen LogP contribution in [0.4, 0.5) is 0 Å². The highest BCUT2D eigenvalue weighted by atomic mass is 79.9. The molecule has 1 N–H and O–H groups in total. The van der Waals surface area contributed by atoms with Crippen molar-refractivity contribution < 1.29 is 0 Å². The van der Waals surface area contributed by atoms with Crippen molar-refractivity contribution in [3.05, 3.63) is 68.7 Å². The quantitative estimate of drug-likeness (QED) is 0.866. The van der Waals surface area contributed by atoms with E-state index in [1.165, 1.54) is 27.8 Å². The van der Waals surface area contributed by atoms with Gasteiger partial charge in [-0.2, -0.15) is 0 Å². The zero-order chi connectivity index (χ0) is 14.0. The van der Waals surface area contributed by atoms with Gasteiger partial charge in [0, 0.05) is 4.47 Å². The standard InChI is InChI=1S/C17H20BrN/c1-11-7-12(2)9-14(8-11)17(19-4)16-6-5-15(18)10-13(16)3/h5-10,17,19H,1-4H3. The van der Waals surface area contributed by atoms with Crippen LogP contribution < -0.4 is 5.32 Å². The van der Waals surface area contributed by atoms with Crippen LogP contribution in [0.3, 0.4) is 0 Å². The summed E-state index contributed by atoms with van der Waals surface area (Å²) in [7, 11) is 2.02. The number of halogens is 1. The molecule has 0 aliphatic heterocycles. The van der Waals surface area contributed by atoms with Gasteiger partial charge in [-0.05, 0) is 56.6 Å². The molecule has 0 fully saturated rings. The number of nitrogens with one attached hydrogen (secondary N) is 1. The molecule has 0 spiro atoms. The van der Waals surface area contributed by atoms with Crippen molar-refractivity contribution >= 4 is 15.9 Å². The van der Waals surface area contributed by atoms with Gasteiger partial charge in [0.25, 0.3) is 0 Å². The molecule has 2 aromatic rings. The second-order valence-electron chi connectivity index (χ2n) is 5.14. The van der Waals surface area contributed by atoms with Gasteiger partial charge in [0.1, 0.15) is 0 Å². The first kappa shape index (κ1) is 14.3. The molecule has 0 aromatic heterocycles. The Morgan fingerprint density at radius 2 is 1.58 bits per heavy atom. The molecule has 2 heteroatoms. The van der Waals surface area contributed by atoms with E-state index in [1.807, 2.05) is 7.05 Å². The second-order valence-corrected chi connectivity index (χ2v) is 6.06.